The van der Waals surface area contributed by atoms with E-state index in [1.165, 1.54) is 10.6 Å². The predicted molar refractivity (Wildman–Crippen MR) is 117 cm³/mol. The quantitative estimate of drug-likeness (QED) is 0.546. The van der Waals surface area contributed by atoms with Crippen LogP contribution in [0.5, 0.6) is 0 Å². The molecule has 4 rings (SSSR count). The van der Waals surface area contributed by atoms with Crippen molar-refractivity contribution in [2.24, 2.45) is 5.41 Å². The van der Waals surface area contributed by atoms with Crippen molar-refractivity contribution in [3.8, 4) is 11.3 Å². The second-order valence-electron chi connectivity index (χ2n) is 9.55. The Bertz CT molecular complexity index is 1330. The zero-order valence-electron chi connectivity index (χ0n) is 18.4. The first-order chi connectivity index (χ1) is 15.0. The molecule has 1 fully saturated rings. The number of aryl methyl sites for hydroxylation is 1. The largest absolute Gasteiger partial charge is 0.417 e. The standard InChI is InChI=1S/C21H24F3N3O4S2/c1-11-16(27-18(25-11)32-17(26-27)19(2,3)29)12-5-6-14(21(22,23)24)15(7-12)33(30,31)10-20(4)8-13(28)9-20/h5-7,13,28-29H,8-10H2,1-4H3. The molecule has 2 aromatic heterocycles. The maximum absolute atomic E-state index is 13.8. The van der Waals surface area contributed by atoms with Crippen LogP contribution in [0.1, 0.15) is 49.9 Å². The van der Waals surface area contributed by atoms with E-state index in [4.69, 9.17) is 0 Å². The van der Waals surface area contributed by atoms with Gasteiger partial charge in [0.25, 0.3) is 0 Å². The van der Waals surface area contributed by atoms with Crippen molar-refractivity contribution in [2.45, 2.75) is 63.3 Å². The van der Waals surface area contributed by atoms with Crippen molar-refractivity contribution in [3.05, 3.63) is 34.5 Å². The van der Waals surface area contributed by atoms with Crippen LogP contribution in [0.3, 0.4) is 0 Å². The van der Waals surface area contributed by atoms with Gasteiger partial charge in [-0.05, 0) is 51.2 Å². The molecule has 0 amide bonds. The molecule has 3 aromatic rings. The summed E-state index contributed by atoms with van der Waals surface area (Å²) in [6.45, 7) is 6.41. The smallest absolute Gasteiger partial charge is 0.393 e. The third-order valence-corrected chi connectivity index (χ3v) is 9.10. The number of fused-ring (bicyclic) bond motifs is 1. The van der Waals surface area contributed by atoms with Crippen molar-refractivity contribution in [2.75, 3.05) is 5.75 Å². The summed E-state index contributed by atoms with van der Waals surface area (Å²) in [6, 6.07) is 2.99. The van der Waals surface area contributed by atoms with Gasteiger partial charge in [0.15, 0.2) is 9.84 Å². The molecule has 1 aliphatic rings. The van der Waals surface area contributed by atoms with Crippen LogP contribution in [0.25, 0.3) is 16.2 Å². The van der Waals surface area contributed by atoms with Crippen LogP contribution in [0.2, 0.25) is 0 Å². The molecule has 33 heavy (non-hydrogen) atoms. The maximum atomic E-state index is 13.8. The topological polar surface area (TPSA) is 105 Å². The van der Waals surface area contributed by atoms with E-state index in [2.05, 4.69) is 10.1 Å². The van der Waals surface area contributed by atoms with E-state index in [0.29, 0.717) is 21.4 Å². The Labute approximate surface area is 192 Å². The van der Waals surface area contributed by atoms with Gasteiger partial charge in [0, 0.05) is 5.56 Å². The van der Waals surface area contributed by atoms with Crippen LogP contribution in [0.15, 0.2) is 23.1 Å². The molecule has 0 unspecified atom stereocenters. The number of aliphatic hydroxyl groups excluding tert-OH is 1. The van der Waals surface area contributed by atoms with E-state index >= 15 is 0 Å². The van der Waals surface area contributed by atoms with E-state index in [9.17, 15) is 31.8 Å². The van der Waals surface area contributed by atoms with E-state index in [0.717, 1.165) is 23.5 Å². The molecule has 1 aliphatic carbocycles. The van der Waals surface area contributed by atoms with Crippen LogP contribution in [-0.2, 0) is 21.6 Å². The highest BCUT2D eigenvalue weighted by atomic mass is 32.2. The number of benzene rings is 1. The average Bonchev–Trinajstić information content (AvgIpc) is 3.15. The number of hydrogen-bond acceptors (Lipinski definition) is 7. The molecule has 2 heterocycles. The van der Waals surface area contributed by atoms with Crippen molar-refractivity contribution < 1.29 is 31.8 Å². The van der Waals surface area contributed by atoms with Gasteiger partial charge in [0.2, 0.25) is 4.96 Å². The lowest BCUT2D eigenvalue weighted by atomic mass is 9.70. The highest BCUT2D eigenvalue weighted by Crippen LogP contribution is 2.45. The number of aromatic nitrogens is 3. The monoisotopic (exact) mass is 503 g/mol. The molecule has 7 nitrogen and oxygen atoms in total. The van der Waals surface area contributed by atoms with Gasteiger partial charge in [0.1, 0.15) is 10.6 Å². The Morgan fingerprint density at radius 2 is 1.91 bits per heavy atom. The van der Waals surface area contributed by atoms with Gasteiger partial charge in [-0.25, -0.2) is 17.9 Å². The molecular formula is C21H24F3N3O4S2. The minimum atomic E-state index is -4.86. The number of nitrogens with zero attached hydrogens (tertiary/aromatic N) is 3. The van der Waals surface area contributed by atoms with Crippen LogP contribution in [0.4, 0.5) is 13.2 Å². The summed E-state index contributed by atoms with van der Waals surface area (Å²) in [5.74, 6) is -0.496. The zero-order valence-corrected chi connectivity index (χ0v) is 20.1. The van der Waals surface area contributed by atoms with Gasteiger partial charge >= 0.3 is 6.18 Å². The maximum Gasteiger partial charge on any atom is 0.417 e. The second-order valence-corrected chi connectivity index (χ2v) is 12.5. The van der Waals surface area contributed by atoms with E-state index in [1.807, 2.05) is 0 Å². The Hall–Kier alpha value is -2.02. The molecule has 0 spiro atoms. The normalized spacial score (nSPS) is 22.0. The molecule has 0 saturated heterocycles. The van der Waals surface area contributed by atoms with Crippen LogP contribution < -0.4 is 0 Å². The van der Waals surface area contributed by atoms with Crippen molar-refractivity contribution >= 4 is 26.1 Å². The van der Waals surface area contributed by atoms with E-state index < -0.39 is 49.3 Å². The lowest BCUT2D eigenvalue weighted by molar-refractivity contribution is -0.139. The van der Waals surface area contributed by atoms with Gasteiger partial charge in [-0.3, -0.25) is 0 Å². The molecule has 0 bridgehead atoms. The highest BCUT2D eigenvalue weighted by Gasteiger charge is 2.45. The first-order valence-electron chi connectivity index (χ1n) is 10.2. The van der Waals surface area contributed by atoms with Gasteiger partial charge in [-0.2, -0.15) is 18.3 Å². The Morgan fingerprint density at radius 1 is 1.27 bits per heavy atom. The van der Waals surface area contributed by atoms with Crippen LogP contribution in [0, 0.1) is 12.3 Å². The number of aliphatic hydroxyl groups is 2. The third kappa shape index (κ3) is 4.41. The molecular weight excluding hydrogens is 479 g/mol. The number of imidazole rings is 1. The Morgan fingerprint density at radius 3 is 2.45 bits per heavy atom. The molecule has 0 aliphatic heterocycles. The Balaban J connectivity index is 1.87. The van der Waals surface area contributed by atoms with Gasteiger partial charge in [-0.15, -0.1) is 0 Å². The van der Waals surface area contributed by atoms with Crippen LogP contribution >= 0.6 is 11.3 Å². The lowest BCUT2D eigenvalue weighted by Gasteiger charge is -2.42. The predicted octanol–water partition coefficient (Wildman–Crippen LogP) is 3.95. The summed E-state index contributed by atoms with van der Waals surface area (Å²) in [5, 5.41) is 24.6. The molecule has 12 heteroatoms. The van der Waals surface area contributed by atoms with Crippen LogP contribution in [-0.4, -0.2) is 45.1 Å². The van der Waals surface area contributed by atoms with E-state index in [1.54, 1.807) is 27.7 Å². The summed E-state index contributed by atoms with van der Waals surface area (Å²) >= 11 is 1.14. The van der Waals surface area contributed by atoms with Gasteiger partial charge in [0.05, 0.1) is 33.7 Å². The molecule has 1 aromatic carbocycles. The SMILES string of the molecule is Cc1nc2sc(C(C)(C)O)nn2c1-c1ccc(C(F)(F)F)c(S(=O)(=O)CC2(C)CC(O)C2)c1. The lowest BCUT2D eigenvalue weighted by Crippen LogP contribution is -2.43. The summed E-state index contributed by atoms with van der Waals surface area (Å²) < 4.78 is 69.0. The number of hydrogen-bond donors (Lipinski definition) is 2. The first kappa shape index (κ1) is 24.1. The van der Waals surface area contributed by atoms with Gasteiger partial charge in [-0.1, -0.05) is 24.3 Å². The summed E-state index contributed by atoms with van der Waals surface area (Å²) in [6.07, 6.45) is -5.07. The molecule has 2 N–H and O–H groups in total. The third-order valence-electron chi connectivity index (χ3n) is 5.79. The molecule has 0 radical (unpaired) electrons. The molecule has 1 saturated carbocycles. The number of alkyl halides is 3. The van der Waals surface area contributed by atoms with Crippen molar-refractivity contribution in [1.29, 1.82) is 0 Å². The fourth-order valence-corrected chi connectivity index (χ4v) is 7.40. The molecule has 0 atom stereocenters. The van der Waals surface area contributed by atoms with E-state index in [-0.39, 0.29) is 18.4 Å². The average molecular weight is 504 g/mol. The van der Waals surface area contributed by atoms with Crippen molar-refractivity contribution in [1.82, 2.24) is 14.6 Å². The highest BCUT2D eigenvalue weighted by molar-refractivity contribution is 7.91. The zero-order chi connectivity index (χ0) is 24.6. The van der Waals surface area contributed by atoms with Crippen molar-refractivity contribution in [3.63, 3.8) is 0 Å². The number of halogens is 3. The summed E-state index contributed by atoms with van der Waals surface area (Å²) in [4.78, 5) is 4.01. The Kier molecular flexibility index (Phi) is 5.47. The second kappa shape index (κ2) is 7.49. The van der Waals surface area contributed by atoms with Gasteiger partial charge < -0.3 is 10.2 Å². The minimum Gasteiger partial charge on any atom is -0.393 e. The summed E-state index contributed by atoms with van der Waals surface area (Å²) in [5.41, 5.74) is -2.22. The fourth-order valence-electron chi connectivity index (χ4n) is 4.32. The fraction of sp³-hybridized carbons (Fsp3) is 0.524. The first-order valence-corrected chi connectivity index (χ1v) is 12.7. The minimum absolute atomic E-state index is 0.216. The molecule has 180 valence electrons. The number of sulfone groups is 1. The number of rotatable bonds is 5. The summed E-state index contributed by atoms with van der Waals surface area (Å²) in [7, 11) is -4.33.